The molecule has 0 heterocycles. The van der Waals surface area contributed by atoms with Gasteiger partial charge in [0.2, 0.25) is 0 Å². The van der Waals surface area contributed by atoms with Gasteiger partial charge in [-0.15, -0.1) is 0 Å². The number of ether oxygens (including phenoxy) is 2. The van der Waals surface area contributed by atoms with E-state index in [1.807, 2.05) is 13.8 Å². The molecule has 0 aromatic heterocycles. The van der Waals surface area contributed by atoms with Crippen LogP contribution in [0, 0.1) is 0 Å². The molecule has 0 radical (unpaired) electrons. The van der Waals surface area contributed by atoms with E-state index in [2.05, 4.69) is 18.7 Å². The van der Waals surface area contributed by atoms with Crippen LogP contribution in [-0.2, 0) is 9.47 Å². The lowest BCUT2D eigenvalue weighted by molar-refractivity contribution is -0.141. The van der Waals surface area contributed by atoms with Gasteiger partial charge in [-0.1, -0.05) is 26.7 Å². The van der Waals surface area contributed by atoms with Gasteiger partial charge in [-0.25, -0.2) is 0 Å². The summed E-state index contributed by atoms with van der Waals surface area (Å²) in [6, 6.07) is 0. The van der Waals surface area contributed by atoms with Crippen molar-refractivity contribution in [1.82, 2.24) is 4.90 Å². The topological polar surface area (TPSA) is 21.7 Å². The molecule has 0 aromatic carbocycles. The Bertz CT molecular complexity index is 151. The second-order valence-corrected chi connectivity index (χ2v) is 4.68. The Morgan fingerprint density at radius 1 is 0.778 bits per heavy atom. The Morgan fingerprint density at radius 2 is 1.28 bits per heavy atom. The van der Waals surface area contributed by atoms with Gasteiger partial charge in [0.15, 0.2) is 6.29 Å². The summed E-state index contributed by atoms with van der Waals surface area (Å²) in [7, 11) is 0. The van der Waals surface area contributed by atoms with Crippen LogP contribution in [0.15, 0.2) is 0 Å². The molecule has 0 unspecified atom stereocenters. The molecule has 0 rings (SSSR count). The molecule has 0 aliphatic rings. The van der Waals surface area contributed by atoms with Gasteiger partial charge in [-0.05, 0) is 39.8 Å². The molecule has 0 bridgehead atoms. The molecule has 3 nitrogen and oxygen atoms in total. The van der Waals surface area contributed by atoms with Gasteiger partial charge in [-0.3, -0.25) is 0 Å². The van der Waals surface area contributed by atoms with Crippen LogP contribution in [0.3, 0.4) is 0 Å². The van der Waals surface area contributed by atoms with Crippen LogP contribution in [-0.4, -0.2) is 44.0 Å². The highest BCUT2D eigenvalue weighted by Crippen LogP contribution is 2.06. The van der Waals surface area contributed by atoms with E-state index in [-0.39, 0.29) is 6.29 Å². The molecule has 0 aromatic rings. The van der Waals surface area contributed by atoms with Crippen LogP contribution < -0.4 is 0 Å². The molecule has 0 saturated carbocycles. The van der Waals surface area contributed by atoms with Crippen molar-refractivity contribution in [1.29, 1.82) is 0 Å². The van der Waals surface area contributed by atoms with E-state index in [0.717, 1.165) is 26.2 Å². The fourth-order valence-electron chi connectivity index (χ4n) is 1.97. The summed E-state index contributed by atoms with van der Waals surface area (Å²) < 4.78 is 11.2. The van der Waals surface area contributed by atoms with E-state index in [1.165, 1.54) is 38.8 Å². The Balaban J connectivity index is 3.94. The predicted molar refractivity (Wildman–Crippen MR) is 77.9 cm³/mol. The van der Waals surface area contributed by atoms with E-state index in [9.17, 15) is 0 Å². The van der Waals surface area contributed by atoms with Gasteiger partial charge >= 0.3 is 0 Å². The first kappa shape index (κ1) is 17.9. The summed E-state index contributed by atoms with van der Waals surface area (Å²) in [6.45, 7) is 13.5. The zero-order valence-corrected chi connectivity index (χ0v) is 12.9. The molecule has 0 spiro atoms. The van der Waals surface area contributed by atoms with Gasteiger partial charge in [0.25, 0.3) is 0 Å². The van der Waals surface area contributed by atoms with Crippen LogP contribution in [0.1, 0.15) is 59.8 Å². The summed E-state index contributed by atoms with van der Waals surface area (Å²) in [5.41, 5.74) is 0. The molecule has 0 atom stereocenters. The maximum atomic E-state index is 5.59. The highest BCUT2D eigenvalue weighted by molar-refractivity contribution is 4.60. The third kappa shape index (κ3) is 9.86. The smallest absolute Gasteiger partial charge is 0.158 e. The fourth-order valence-corrected chi connectivity index (χ4v) is 1.97. The minimum absolute atomic E-state index is 0.0225. The fraction of sp³-hybridized carbons (Fsp3) is 1.00. The largest absolute Gasteiger partial charge is 0.353 e. The maximum absolute atomic E-state index is 5.59. The lowest BCUT2D eigenvalue weighted by Gasteiger charge is -2.24. The van der Waals surface area contributed by atoms with E-state index in [4.69, 9.17) is 9.47 Å². The van der Waals surface area contributed by atoms with Crippen LogP contribution >= 0.6 is 0 Å². The van der Waals surface area contributed by atoms with Crippen molar-refractivity contribution in [3.8, 4) is 0 Å². The molecule has 18 heavy (non-hydrogen) atoms. The van der Waals surface area contributed by atoms with Gasteiger partial charge in [0.05, 0.1) is 0 Å². The van der Waals surface area contributed by atoms with Gasteiger partial charge < -0.3 is 14.4 Å². The Morgan fingerprint density at radius 3 is 1.67 bits per heavy atom. The Hall–Kier alpha value is -0.120. The van der Waals surface area contributed by atoms with E-state index < -0.39 is 0 Å². The lowest BCUT2D eigenvalue weighted by atomic mass is 10.2. The molecule has 0 saturated heterocycles. The first-order valence-electron chi connectivity index (χ1n) is 7.73. The summed E-state index contributed by atoms with van der Waals surface area (Å²) in [5.74, 6) is 0. The van der Waals surface area contributed by atoms with Gasteiger partial charge in [-0.2, -0.15) is 0 Å². The second-order valence-electron chi connectivity index (χ2n) is 4.68. The number of rotatable bonds is 13. The maximum Gasteiger partial charge on any atom is 0.158 e. The summed E-state index contributed by atoms with van der Waals surface area (Å²) in [4.78, 5) is 2.55. The Labute approximate surface area is 114 Å². The van der Waals surface area contributed by atoms with Crippen molar-refractivity contribution in [2.24, 2.45) is 0 Å². The van der Waals surface area contributed by atoms with Gasteiger partial charge in [0, 0.05) is 26.2 Å². The second kappa shape index (κ2) is 13.3. The average molecular weight is 259 g/mol. The molecule has 110 valence electrons. The minimum Gasteiger partial charge on any atom is -0.353 e. The average Bonchev–Trinajstić information content (AvgIpc) is 2.38. The SMILES string of the molecule is CCCCN(CCCC)CCC(OCC)OCC. The zero-order valence-electron chi connectivity index (χ0n) is 12.9. The van der Waals surface area contributed by atoms with Crippen LogP contribution in [0.4, 0.5) is 0 Å². The molecular weight excluding hydrogens is 226 g/mol. The van der Waals surface area contributed by atoms with Crippen molar-refractivity contribution in [3.63, 3.8) is 0 Å². The molecular formula is C15H33NO2. The summed E-state index contributed by atoms with van der Waals surface area (Å²) in [6.07, 6.45) is 6.07. The molecule has 0 aliphatic heterocycles. The third-order valence-corrected chi connectivity index (χ3v) is 3.04. The summed E-state index contributed by atoms with van der Waals surface area (Å²) >= 11 is 0. The number of hydrogen-bond acceptors (Lipinski definition) is 3. The molecule has 3 heteroatoms. The molecule has 0 fully saturated rings. The number of hydrogen-bond donors (Lipinski definition) is 0. The van der Waals surface area contributed by atoms with Crippen LogP contribution in [0.25, 0.3) is 0 Å². The van der Waals surface area contributed by atoms with Crippen molar-refractivity contribution in [3.05, 3.63) is 0 Å². The molecule has 0 aliphatic carbocycles. The number of unbranched alkanes of at least 4 members (excludes halogenated alkanes) is 2. The standard InChI is InChI=1S/C15H33NO2/c1-5-9-12-16(13-10-6-2)14-11-15(17-7-3)18-8-4/h15H,5-14H2,1-4H3. The van der Waals surface area contributed by atoms with E-state index in [0.29, 0.717) is 0 Å². The van der Waals surface area contributed by atoms with E-state index >= 15 is 0 Å². The summed E-state index contributed by atoms with van der Waals surface area (Å²) in [5, 5.41) is 0. The minimum atomic E-state index is -0.0225. The van der Waals surface area contributed by atoms with E-state index in [1.54, 1.807) is 0 Å². The first-order chi connectivity index (χ1) is 8.78. The highest BCUT2D eigenvalue weighted by atomic mass is 16.7. The van der Waals surface area contributed by atoms with Crippen molar-refractivity contribution >= 4 is 0 Å². The first-order valence-corrected chi connectivity index (χ1v) is 7.73. The normalized spacial score (nSPS) is 11.7. The van der Waals surface area contributed by atoms with Crippen molar-refractivity contribution < 1.29 is 9.47 Å². The van der Waals surface area contributed by atoms with Crippen molar-refractivity contribution in [2.45, 2.75) is 66.1 Å². The monoisotopic (exact) mass is 259 g/mol. The predicted octanol–water partition coefficient (Wildman–Crippen LogP) is 3.68. The quantitative estimate of drug-likeness (QED) is 0.471. The van der Waals surface area contributed by atoms with Crippen molar-refractivity contribution in [2.75, 3.05) is 32.8 Å². The molecule has 0 amide bonds. The molecule has 0 N–H and O–H groups in total. The Kier molecular flexibility index (Phi) is 13.2. The number of nitrogens with zero attached hydrogens (tertiary/aromatic N) is 1. The lowest BCUT2D eigenvalue weighted by Crippen LogP contribution is -2.31. The third-order valence-electron chi connectivity index (χ3n) is 3.04. The van der Waals surface area contributed by atoms with Crippen LogP contribution in [0.2, 0.25) is 0 Å². The zero-order chi connectivity index (χ0) is 13.6. The van der Waals surface area contributed by atoms with Crippen LogP contribution in [0.5, 0.6) is 0 Å². The van der Waals surface area contributed by atoms with Gasteiger partial charge in [0.1, 0.15) is 0 Å². The highest BCUT2D eigenvalue weighted by Gasteiger charge is 2.11.